The van der Waals surface area contributed by atoms with Crippen molar-refractivity contribution in [2.45, 2.75) is 85.0 Å². The SMILES string of the molecule is CCCCC(O[Si](CC)(CC)CC)C(C)(C)C=CI. The molecular formula is C16H33IOSi. The summed E-state index contributed by atoms with van der Waals surface area (Å²) in [5, 5.41) is 0. The fourth-order valence-corrected chi connectivity index (χ4v) is 6.50. The Morgan fingerprint density at radius 3 is 2.00 bits per heavy atom. The molecule has 0 rings (SSSR count). The fraction of sp³-hybridized carbons (Fsp3) is 0.875. The van der Waals surface area contributed by atoms with E-state index in [1.165, 1.54) is 37.4 Å². The second-order valence-electron chi connectivity index (χ2n) is 6.11. The molecule has 0 aliphatic rings. The van der Waals surface area contributed by atoms with Crippen molar-refractivity contribution in [3.05, 3.63) is 10.2 Å². The van der Waals surface area contributed by atoms with Gasteiger partial charge in [-0.1, -0.05) is 83.1 Å². The third-order valence-corrected chi connectivity index (χ3v) is 9.48. The van der Waals surface area contributed by atoms with Crippen LogP contribution in [0, 0.1) is 5.41 Å². The van der Waals surface area contributed by atoms with Crippen molar-refractivity contribution in [1.82, 2.24) is 0 Å². The van der Waals surface area contributed by atoms with Crippen molar-refractivity contribution in [3.63, 3.8) is 0 Å². The molecule has 0 saturated heterocycles. The maximum Gasteiger partial charge on any atom is 0.192 e. The lowest BCUT2D eigenvalue weighted by Gasteiger charge is -2.40. The second-order valence-corrected chi connectivity index (χ2v) is 11.5. The van der Waals surface area contributed by atoms with Crippen molar-refractivity contribution in [2.24, 2.45) is 5.41 Å². The Hall–Kier alpha value is 0.647. The molecule has 0 aliphatic carbocycles. The van der Waals surface area contributed by atoms with E-state index < -0.39 is 8.32 Å². The van der Waals surface area contributed by atoms with Gasteiger partial charge >= 0.3 is 0 Å². The van der Waals surface area contributed by atoms with Gasteiger partial charge in [0.25, 0.3) is 0 Å². The molecule has 0 aromatic heterocycles. The molecule has 0 amide bonds. The molecule has 1 unspecified atom stereocenters. The van der Waals surface area contributed by atoms with Crippen LogP contribution in [0.25, 0.3) is 0 Å². The summed E-state index contributed by atoms with van der Waals surface area (Å²) < 4.78 is 8.94. The molecule has 0 aromatic rings. The van der Waals surface area contributed by atoms with E-state index >= 15 is 0 Å². The molecule has 0 fully saturated rings. The lowest BCUT2D eigenvalue weighted by Crippen LogP contribution is -2.44. The minimum atomic E-state index is -1.51. The van der Waals surface area contributed by atoms with Crippen LogP contribution in [0.1, 0.15) is 60.8 Å². The van der Waals surface area contributed by atoms with Crippen molar-refractivity contribution in [1.29, 1.82) is 0 Å². The maximum absolute atomic E-state index is 6.79. The number of hydrogen-bond donors (Lipinski definition) is 0. The third-order valence-electron chi connectivity index (χ3n) is 4.47. The van der Waals surface area contributed by atoms with Crippen LogP contribution < -0.4 is 0 Å². The average molecular weight is 396 g/mol. The van der Waals surface area contributed by atoms with Crippen molar-refractivity contribution >= 4 is 30.9 Å². The van der Waals surface area contributed by atoms with Crippen molar-refractivity contribution < 1.29 is 4.43 Å². The average Bonchev–Trinajstić information content (AvgIpc) is 2.39. The largest absolute Gasteiger partial charge is 0.413 e. The number of halogens is 1. The van der Waals surface area contributed by atoms with Crippen molar-refractivity contribution in [3.8, 4) is 0 Å². The van der Waals surface area contributed by atoms with Crippen LogP contribution >= 0.6 is 22.6 Å². The third kappa shape index (κ3) is 6.30. The predicted molar refractivity (Wildman–Crippen MR) is 98.5 cm³/mol. The van der Waals surface area contributed by atoms with E-state index in [4.69, 9.17) is 4.43 Å². The topological polar surface area (TPSA) is 9.23 Å². The van der Waals surface area contributed by atoms with Crippen LogP contribution in [-0.2, 0) is 4.43 Å². The molecule has 0 radical (unpaired) electrons. The maximum atomic E-state index is 6.79. The van der Waals surface area contributed by atoms with Crippen LogP contribution in [0.5, 0.6) is 0 Å². The highest BCUT2D eigenvalue weighted by molar-refractivity contribution is 14.1. The molecule has 1 nitrogen and oxygen atoms in total. The van der Waals surface area contributed by atoms with E-state index in [1.54, 1.807) is 0 Å². The standard InChI is InChI=1S/C16H33IOSi/c1-7-11-12-15(16(5,6)13-14-17)18-19(8-2,9-3)10-4/h13-15H,7-12H2,1-6H3. The summed E-state index contributed by atoms with van der Waals surface area (Å²) in [4.78, 5) is 0. The van der Waals surface area contributed by atoms with E-state index in [2.05, 4.69) is 74.3 Å². The van der Waals surface area contributed by atoms with Gasteiger partial charge in [-0.3, -0.25) is 0 Å². The van der Waals surface area contributed by atoms with Crippen LogP contribution in [0.4, 0.5) is 0 Å². The second kappa shape index (κ2) is 9.56. The lowest BCUT2D eigenvalue weighted by atomic mass is 9.84. The van der Waals surface area contributed by atoms with E-state index in [-0.39, 0.29) is 5.41 Å². The minimum absolute atomic E-state index is 0.147. The zero-order chi connectivity index (χ0) is 14.9. The molecule has 19 heavy (non-hydrogen) atoms. The van der Waals surface area contributed by atoms with Gasteiger partial charge in [0.2, 0.25) is 0 Å². The van der Waals surface area contributed by atoms with E-state index in [9.17, 15) is 0 Å². The Balaban J connectivity index is 5.03. The van der Waals surface area contributed by atoms with Gasteiger partial charge in [0, 0.05) is 5.41 Å². The Bertz CT molecular complexity index is 251. The van der Waals surface area contributed by atoms with Crippen LogP contribution in [0.15, 0.2) is 10.2 Å². The molecule has 0 heterocycles. The van der Waals surface area contributed by atoms with Gasteiger partial charge in [0.1, 0.15) is 0 Å². The molecule has 0 saturated carbocycles. The van der Waals surface area contributed by atoms with Gasteiger partial charge in [0.05, 0.1) is 6.10 Å². The fourth-order valence-electron chi connectivity index (χ4n) is 2.54. The number of unbranched alkanes of at least 4 members (excludes halogenated alkanes) is 1. The molecule has 3 heteroatoms. The minimum Gasteiger partial charge on any atom is -0.413 e. The summed E-state index contributed by atoms with van der Waals surface area (Å²) in [5.74, 6) is 0. The first-order valence-corrected chi connectivity index (χ1v) is 11.6. The summed E-state index contributed by atoms with van der Waals surface area (Å²) in [7, 11) is -1.51. The molecule has 0 spiro atoms. The predicted octanol–water partition coefficient (Wildman–Crippen LogP) is 6.54. The van der Waals surface area contributed by atoms with Gasteiger partial charge in [-0.25, -0.2) is 0 Å². The monoisotopic (exact) mass is 396 g/mol. The summed E-state index contributed by atoms with van der Waals surface area (Å²) in [6.07, 6.45) is 6.41. The number of rotatable bonds is 10. The Morgan fingerprint density at radius 1 is 1.11 bits per heavy atom. The normalized spacial score (nSPS) is 15.1. The zero-order valence-corrected chi connectivity index (χ0v) is 16.9. The van der Waals surface area contributed by atoms with Gasteiger partial charge in [0.15, 0.2) is 8.32 Å². The zero-order valence-electron chi connectivity index (χ0n) is 13.8. The first-order valence-electron chi connectivity index (χ1n) is 7.87. The van der Waals surface area contributed by atoms with Gasteiger partial charge in [-0.15, -0.1) is 0 Å². The highest BCUT2D eigenvalue weighted by Crippen LogP contribution is 2.35. The van der Waals surface area contributed by atoms with Crippen LogP contribution in [0.3, 0.4) is 0 Å². The van der Waals surface area contributed by atoms with Crippen LogP contribution in [-0.4, -0.2) is 14.4 Å². The van der Waals surface area contributed by atoms with E-state index in [1.807, 2.05) is 0 Å². The quantitative estimate of drug-likeness (QED) is 0.301. The first kappa shape index (κ1) is 19.6. The van der Waals surface area contributed by atoms with Crippen molar-refractivity contribution in [2.75, 3.05) is 0 Å². The van der Waals surface area contributed by atoms with E-state index in [0.717, 1.165) is 0 Å². The Morgan fingerprint density at radius 2 is 1.63 bits per heavy atom. The molecular weight excluding hydrogens is 363 g/mol. The molecule has 114 valence electrons. The molecule has 0 N–H and O–H groups in total. The molecule has 0 aliphatic heterocycles. The lowest BCUT2D eigenvalue weighted by molar-refractivity contribution is 0.0845. The van der Waals surface area contributed by atoms with E-state index in [0.29, 0.717) is 6.10 Å². The Kier molecular flexibility index (Phi) is 9.88. The summed E-state index contributed by atoms with van der Waals surface area (Å²) in [6.45, 7) is 13.9. The molecule has 0 aromatic carbocycles. The smallest absolute Gasteiger partial charge is 0.192 e. The number of hydrogen-bond acceptors (Lipinski definition) is 1. The summed E-state index contributed by atoms with van der Waals surface area (Å²) in [6, 6.07) is 3.73. The van der Waals surface area contributed by atoms with Gasteiger partial charge in [-0.05, 0) is 28.6 Å². The van der Waals surface area contributed by atoms with Gasteiger partial charge in [-0.2, -0.15) is 0 Å². The molecule has 0 bridgehead atoms. The summed E-state index contributed by atoms with van der Waals surface area (Å²) in [5.41, 5.74) is 0.147. The summed E-state index contributed by atoms with van der Waals surface area (Å²) >= 11 is 2.32. The molecule has 1 atom stereocenters. The van der Waals surface area contributed by atoms with Crippen LogP contribution in [0.2, 0.25) is 18.1 Å². The highest BCUT2D eigenvalue weighted by atomic mass is 127. The van der Waals surface area contributed by atoms with Gasteiger partial charge < -0.3 is 4.43 Å². The Labute approximate surface area is 135 Å². The highest BCUT2D eigenvalue weighted by Gasteiger charge is 2.37. The first-order chi connectivity index (χ1) is 8.91.